The standard InChI is InChI=1S/C69H91N7O8/c1-12-71-61(41(2)3)60(79)38-54(68(5,6)7)66(83)75-39-50-33-43(27-28-48(50)35-56(75)59(78)36-49-23-17-21-44-19-13-15-24-52(44)49)34-58(77)46-29-31-47(32-30-46)64(81)72-51-37-57(65(82)73-55-26-18-22-45-20-14-16-25-53(45)55)76(40-51)67(84)62(69(8,9)10)74-63(80)42(4)70-11/h13-16,19-20,24-25,27-33,41-42,49,51,54-57,61-62,70-71H,12,17-18,21-23,26,34-40H2,1-11H3,(H,72,81)(H,73,82)(H,74,80)/t42-,49-,51?,54+,55?,56?,57?,61-,62+/m0/s1. The molecule has 5 N–H and O–H groups in total. The monoisotopic (exact) mass is 1150 g/mol. The van der Waals surface area contributed by atoms with E-state index in [4.69, 9.17) is 0 Å². The number of hydrogen-bond donors (Lipinski definition) is 5. The number of likely N-dealkylation sites (tertiary alicyclic amines) is 1. The lowest BCUT2D eigenvalue weighted by Gasteiger charge is -2.42. The number of fused-ring (bicyclic) bond motifs is 3. The molecular formula is C69H91N7O8. The molecule has 4 aromatic carbocycles. The van der Waals surface area contributed by atoms with E-state index in [1.807, 2.05) is 111 Å². The van der Waals surface area contributed by atoms with Gasteiger partial charge in [0.15, 0.2) is 17.3 Å². The average Bonchev–Trinajstić information content (AvgIpc) is 1.54. The van der Waals surface area contributed by atoms with Crippen LogP contribution < -0.4 is 26.6 Å². The Bertz CT molecular complexity index is 3080. The van der Waals surface area contributed by atoms with Gasteiger partial charge in [0, 0.05) is 61.9 Å². The molecule has 450 valence electrons. The molecule has 9 atom stereocenters. The highest BCUT2D eigenvalue weighted by Gasteiger charge is 2.47. The van der Waals surface area contributed by atoms with Crippen LogP contribution in [-0.2, 0) is 61.0 Å². The number of carbonyl (C=O) groups excluding carboxylic acids is 8. The topological polar surface area (TPSA) is 203 Å². The number of amides is 5. The molecule has 2 heterocycles. The first kappa shape index (κ1) is 63.2. The predicted octanol–water partition coefficient (Wildman–Crippen LogP) is 8.73. The maximum absolute atomic E-state index is 15.2. The zero-order valence-electron chi connectivity index (χ0n) is 51.5. The third kappa shape index (κ3) is 14.8. The van der Waals surface area contributed by atoms with Gasteiger partial charge < -0.3 is 36.4 Å². The molecule has 5 amide bonds. The number of ketones is 3. The lowest BCUT2D eigenvalue weighted by Crippen LogP contribution is -2.59. The van der Waals surface area contributed by atoms with Gasteiger partial charge in [-0.05, 0) is 139 Å². The normalized spacial score (nSPS) is 21.0. The predicted molar refractivity (Wildman–Crippen MR) is 327 cm³/mol. The van der Waals surface area contributed by atoms with Crippen molar-refractivity contribution in [3.63, 3.8) is 0 Å². The molecular weight excluding hydrogens is 1050 g/mol. The van der Waals surface area contributed by atoms with Crippen molar-refractivity contribution in [1.82, 2.24) is 36.4 Å². The van der Waals surface area contributed by atoms with E-state index < -0.39 is 64.8 Å². The fourth-order valence-electron chi connectivity index (χ4n) is 13.1. The first-order chi connectivity index (χ1) is 39.9. The molecule has 84 heavy (non-hydrogen) atoms. The summed E-state index contributed by atoms with van der Waals surface area (Å²) in [7, 11) is 1.67. The second kappa shape index (κ2) is 27.0. The summed E-state index contributed by atoms with van der Waals surface area (Å²) >= 11 is 0. The molecule has 0 aromatic heterocycles. The Hall–Kier alpha value is -6.84. The zero-order valence-corrected chi connectivity index (χ0v) is 51.5. The molecule has 8 rings (SSSR count). The minimum atomic E-state index is -0.968. The van der Waals surface area contributed by atoms with Gasteiger partial charge in [-0.3, -0.25) is 38.4 Å². The summed E-state index contributed by atoms with van der Waals surface area (Å²) in [5, 5.41) is 15.5. The average molecular weight is 1150 g/mol. The van der Waals surface area contributed by atoms with Crippen molar-refractivity contribution in [2.45, 2.75) is 195 Å². The summed E-state index contributed by atoms with van der Waals surface area (Å²) in [6.07, 6.45) is 6.32. The number of hydrogen-bond acceptors (Lipinski definition) is 10. The number of Topliss-reactive ketones (excluding diaryl/α,β-unsaturated/α-hetero) is 3. The molecule has 15 heteroatoms. The molecule has 1 fully saturated rings. The zero-order chi connectivity index (χ0) is 60.8. The SMILES string of the molecule is CCN[C@H](C(=O)C[C@H](C(=O)N1Cc2cc(CC(=O)c3ccc(C(=O)NC4CC(C(=O)NC5CCCc6ccccc65)N(C(=O)[C@@H](NC(=O)[C@H](C)NC)C(C)(C)C)C4)cc3)ccc2CC1C(=O)C[C@@H]1CCCc2ccccc21)C(C)(C)C)C(C)C. The summed E-state index contributed by atoms with van der Waals surface area (Å²) < 4.78 is 0. The Morgan fingerprint density at radius 1 is 0.679 bits per heavy atom. The van der Waals surface area contributed by atoms with Crippen LogP contribution in [0.4, 0.5) is 0 Å². The van der Waals surface area contributed by atoms with Crippen molar-refractivity contribution in [2.24, 2.45) is 22.7 Å². The molecule has 0 bridgehead atoms. The summed E-state index contributed by atoms with van der Waals surface area (Å²) in [4.78, 5) is 118. The molecule has 15 nitrogen and oxygen atoms in total. The minimum absolute atomic E-state index is 0.0128. The number of rotatable bonds is 21. The lowest BCUT2D eigenvalue weighted by molar-refractivity contribution is -0.149. The second-order valence-corrected chi connectivity index (χ2v) is 26.7. The number of likely N-dealkylation sites (N-methyl/N-ethyl adjacent to an activating group) is 2. The Labute approximate surface area is 498 Å². The molecule has 0 spiro atoms. The Kier molecular flexibility index (Phi) is 20.3. The van der Waals surface area contributed by atoms with Crippen molar-refractivity contribution < 1.29 is 38.4 Å². The molecule has 4 aliphatic rings. The first-order valence-electron chi connectivity index (χ1n) is 30.7. The van der Waals surface area contributed by atoms with Gasteiger partial charge >= 0.3 is 0 Å². The molecule has 2 aliphatic carbocycles. The molecule has 1 saturated heterocycles. The third-order valence-corrected chi connectivity index (χ3v) is 18.2. The van der Waals surface area contributed by atoms with Crippen LogP contribution in [0.15, 0.2) is 91.0 Å². The fourth-order valence-corrected chi connectivity index (χ4v) is 13.1. The number of aryl methyl sites for hydroxylation is 2. The van der Waals surface area contributed by atoms with Gasteiger partial charge in [0.2, 0.25) is 23.6 Å². The molecule has 0 saturated carbocycles. The van der Waals surface area contributed by atoms with E-state index in [1.54, 1.807) is 43.1 Å². The van der Waals surface area contributed by atoms with Crippen LogP contribution >= 0.6 is 0 Å². The lowest BCUT2D eigenvalue weighted by atomic mass is 9.74. The van der Waals surface area contributed by atoms with Crippen LogP contribution in [-0.4, -0.2) is 113 Å². The number of carbonyl (C=O) groups is 8. The van der Waals surface area contributed by atoms with Crippen LogP contribution in [0, 0.1) is 22.7 Å². The van der Waals surface area contributed by atoms with Crippen LogP contribution in [0.25, 0.3) is 0 Å². The molecule has 0 radical (unpaired) electrons. The van der Waals surface area contributed by atoms with E-state index >= 15 is 4.79 Å². The maximum Gasteiger partial charge on any atom is 0.251 e. The van der Waals surface area contributed by atoms with Gasteiger partial charge in [-0.2, -0.15) is 0 Å². The van der Waals surface area contributed by atoms with Crippen molar-refractivity contribution in [3.05, 3.63) is 141 Å². The van der Waals surface area contributed by atoms with E-state index in [9.17, 15) is 33.6 Å². The van der Waals surface area contributed by atoms with Crippen molar-refractivity contribution in [2.75, 3.05) is 20.1 Å². The van der Waals surface area contributed by atoms with Gasteiger partial charge in [-0.1, -0.05) is 141 Å². The number of benzene rings is 4. The number of nitrogens with zero attached hydrogens (tertiary/aromatic N) is 2. The quantitative estimate of drug-likeness (QED) is 0.0502. The van der Waals surface area contributed by atoms with Crippen LogP contribution in [0.1, 0.15) is 186 Å². The van der Waals surface area contributed by atoms with Crippen LogP contribution in [0.2, 0.25) is 0 Å². The summed E-state index contributed by atoms with van der Waals surface area (Å²) in [6, 6.07) is 24.3. The smallest absolute Gasteiger partial charge is 0.251 e. The maximum atomic E-state index is 15.2. The van der Waals surface area contributed by atoms with E-state index in [0.717, 1.165) is 60.8 Å². The fraction of sp³-hybridized carbons (Fsp3) is 0.536. The van der Waals surface area contributed by atoms with Crippen LogP contribution in [0.3, 0.4) is 0 Å². The molecule has 4 aromatic rings. The summed E-state index contributed by atoms with van der Waals surface area (Å²) in [6.45, 7) is 20.0. The first-order valence-corrected chi connectivity index (χ1v) is 30.7. The van der Waals surface area contributed by atoms with Crippen LogP contribution in [0.5, 0.6) is 0 Å². The van der Waals surface area contributed by atoms with Gasteiger partial charge in [0.1, 0.15) is 12.1 Å². The minimum Gasteiger partial charge on any atom is -0.347 e. The Balaban J connectivity index is 0.980. The van der Waals surface area contributed by atoms with Gasteiger partial charge in [-0.25, -0.2) is 0 Å². The van der Waals surface area contributed by atoms with Gasteiger partial charge in [-0.15, -0.1) is 0 Å². The highest BCUT2D eigenvalue weighted by molar-refractivity contribution is 6.00. The van der Waals surface area contributed by atoms with E-state index in [2.05, 4.69) is 44.8 Å². The largest absolute Gasteiger partial charge is 0.347 e. The highest BCUT2D eigenvalue weighted by Crippen LogP contribution is 2.39. The van der Waals surface area contributed by atoms with E-state index in [-0.39, 0.29) is 85.3 Å². The molecule has 2 aliphatic heterocycles. The van der Waals surface area contributed by atoms with Gasteiger partial charge in [0.05, 0.1) is 24.2 Å². The summed E-state index contributed by atoms with van der Waals surface area (Å²) in [5.41, 5.74) is 6.63. The number of nitrogens with one attached hydrogen (secondary N) is 5. The van der Waals surface area contributed by atoms with Gasteiger partial charge in [0.25, 0.3) is 5.91 Å². The van der Waals surface area contributed by atoms with Crippen molar-refractivity contribution >= 4 is 46.9 Å². The molecule has 4 unspecified atom stereocenters. The van der Waals surface area contributed by atoms with Crippen molar-refractivity contribution in [1.29, 1.82) is 0 Å². The van der Waals surface area contributed by atoms with E-state index in [1.165, 1.54) is 21.6 Å². The second-order valence-electron chi connectivity index (χ2n) is 26.7. The Morgan fingerprint density at radius 3 is 1.96 bits per heavy atom. The summed E-state index contributed by atoms with van der Waals surface area (Å²) in [5.74, 6) is -2.53. The highest BCUT2D eigenvalue weighted by atomic mass is 16.2. The third-order valence-electron chi connectivity index (χ3n) is 18.2. The Morgan fingerprint density at radius 2 is 1.32 bits per heavy atom. The van der Waals surface area contributed by atoms with E-state index in [0.29, 0.717) is 30.5 Å². The van der Waals surface area contributed by atoms with Crippen molar-refractivity contribution in [3.8, 4) is 0 Å².